The molecule has 25 heavy (non-hydrogen) atoms. The van der Waals surface area contributed by atoms with Crippen LogP contribution in [0.15, 0.2) is 24.4 Å². The number of phenolic OH excluding ortho intramolecular Hbond substituents is 2. The molecule has 0 spiro atoms. The van der Waals surface area contributed by atoms with Crippen LogP contribution in [0.5, 0.6) is 11.5 Å². The van der Waals surface area contributed by atoms with Crippen molar-refractivity contribution in [3.63, 3.8) is 0 Å². The summed E-state index contributed by atoms with van der Waals surface area (Å²) in [7, 11) is 0. The van der Waals surface area contributed by atoms with Crippen LogP contribution in [0.4, 0.5) is 0 Å². The van der Waals surface area contributed by atoms with E-state index in [-0.39, 0.29) is 11.5 Å². The van der Waals surface area contributed by atoms with E-state index in [1.165, 1.54) is 49.4 Å². The summed E-state index contributed by atoms with van der Waals surface area (Å²) >= 11 is 0. The van der Waals surface area contributed by atoms with Crippen molar-refractivity contribution >= 4 is 0 Å². The summed E-state index contributed by atoms with van der Waals surface area (Å²) in [4.78, 5) is 11.8. The lowest BCUT2D eigenvalue weighted by Gasteiger charge is -2.29. The average Bonchev–Trinajstić information content (AvgIpc) is 2.65. The lowest BCUT2D eigenvalue weighted by molar-refractivity contribution is 0.238. The number of fused-ring (bicyclic) bond motifs is 1. The maximum atomic E-state index is 9.98. The highest BCUT2D eigenvalue weighted by Crippen LogP contribution is 2.32. The fraction of sp³-hybridized carbons (Fsp3) is 0.500. The molecular weight excluding hydrogens is 314 g/mol. The van der Waals surface area contributed by atoms with Gasteiger partial charge in [-0.3, -0.25) is 4.90 Å². The van der Waals surface area contributed by atoms with Crippen LogP contribution < -0.4 is 0 Å². The van der Waals surface area contributed by atoms with Crippen molar-refractivity contribution in [2.45, 2.75) is 57.5 Å². The summed E-state index contributed by atoms with van der Waals surface area (Å²) < 4.78 is 0. The molecule has 2 aliphatic rings. The molecule has 0 unspecified atom stereocenters. The topological polar surface area (TPSA) is 69.5 Å². The van der Waals surface area contributed by atoms with E-state index >= 15 is 0 Å². The molecule has 0 amide bonds. The van der Waals surface area contributed by atoms with Gasteiger partial charge in [0.1, 0.15) is 17.3 Å². The Morgan fingerprint density at radius 1 is 1.12 bits per heavy atom. The second-order valence-electron chi connectivity index (χ2n) is 7.31. The first-order valence-electron chi connectivity index (χ1n) is 9.27. The van der Waals surface area contributed by atoms with Crippen molar-refractivity contribution in [1.29, 1.82) is 0 Å². The van der Waals surface area contributed by atoms with E-state index in [0.29, 0.717) is 12.5 Å². The molecule has 2 heterocycles. The van der Waals surface area contributed by atoms with Crippen molar-refractivity contribution in [2.75, 3.05) is 6.54 Å². The Kier molecular flexibility index (Phi) is 4.57. The monoisotopic (exact) mass is 339 g/mol. The SMILES string of the molecule is Oc1ccc(O)c(CN2CCc3nc(C4CCCCC4)ncc3C2)c1. The fourth-order valence-corrected chi connectivity index (χ4v) is 4.02. The third-order valence-corrected chi connectivity index (χ3v) is 5.46. The first kappa shape index (κ1) is 16.3. The van der Waals surface area contributed by atoms with Crippen LogP contribution in [0.3, 0.4) is 0 Å². The van der Waals surface area contributed by atoms with E-state index in [1.807, 2.05) is 6.20 Å². The summed E-state index contributed by atoms with van der Waals surface area (Å²) in [5.41, 5.74) is 3.13. The Bertz CT molecular complexity index is 757. The van der Waals surface area contributed by atoms with Gasteiger partial charge < -0.3 is 10.2 Å². The van der Waals surface area contributed by atoms with Gasteiger partial charge in [-0.2, -0.15) is 0 Å². The fourth-order valence-electron chi connectivity index (χ4n) is 4.02. The highest BCUT2D eigenvalue weighted by atomic mass is 16.3. The molecule has 1 aliphatic heterocycles. The molecule has 2 N–H and O–H groups in total. The molecule has 5 nitrogen and oxygen atoms in total. The standard InChI is InChI=1S/C20H25N3O2/c24-17-6-7-19(25)15(10-17)12-23-9-8-18-16(13-23)11-21-20(22-18)14-4-2-1-3-5-14/h6-7,10-11,14,24-25H,1-5,8-9,12-13H2. The molecule has 0 bridgehead atoms. The minimum atomic E-state index is 0.186. The van der Waals surface area contributed by atoms with Crippen molar-refractivity contribution < 1.29 is 10.2 Å². The average molecular weight is 339 g/mol. The predicted molar refractivity (Wildman–Crippen MR) is 95.4 cm³/mol. The number of rotatable bonds is 3. The largest absolute Gasteiger partial charge is 0.508 e. The minimum absolute atomic E-state index is 0.186. The molecule has 1 fully saturated rings. The van der Waals surface area contributed by atoms with Crippen molar-refractivity contribution in [2.24, 2.45) is 0 Å². The van der Waals surface area contributed by atoms with E-state index < -0.39 is 0 Å². The highest BCUT2D eigenvalue weighted by molar-refractivity contribution is 5.38. The third kappa shape index (κ3) is 3.61. The molecule has 1 aromatic carbocycles. The number of hydrogen-bond donors (Lipinski definition) is 2. The van der Waals surface area contributed by atoms with E-state index in [2.05, 4.69) is 9.88 Å². The summed E-state index contributed by atoms with van der Waals surface area (Å²) in [5, 5.41) is 19.6. The second-order valence-corrected chi connectivity index (χ2v) is 7.31. The number of phenols is 2. The number of nitrogens with zero attached hydrogens (tertiary/aromatic N) is 3. The van der Waals surface area contributed by atoms with Crippen LogP contribution in [0.2, 0.25) is 0 Å². The van der Waals surface area contributed by atoms with Gasteiger partial charge in [0.15, 0.2) is 0 Å². The van der Waals surface area contributed by atoms with Gasteiger partial charge in [-0.1, -0.05) is 19.3 Å². The molecule has 0 atom stereocenters. The molecule has 1 aromatic heterocycles. The number of aromatic nitrogens is 2. The Labute approximate surface area is 148 Å². The van der Waals surface area contributed by atoms with Gasteiger partial charge in [-0.05, 0) is 31.0 Å². The summed E-state index contributed by atoms with van der Waals surface area (Å²) in [5.74, 6) is 2.00. The van der Waals surface area contributed by atoms with Gasteiger partial charge in [0.25, 0.3) is 0 Å². The number of aromatic hydroxyl groups is 2. The molecule has 2 aromatic rings. The smallest absolute Gasteiger partial charge is 0.131 e. The van der Waals surface area contributed by atoms with Gasteiger partial charge in [-0.25, -0.2) is 9.97 Å². The van der Waals surface area contributed by atoms with E-state index in [9.17, 15) is 10.2 Å². The highest BCUT2D eigenvalue weighted by Gasteiger charge is 2.23. The Hall–Kier alpha value is -2.14. The normalized spacial score (nSPS) is 18.9. The summed E-state index contributed by atoms with van der Waals surface area (Å²) in [6.45, 7) is 2.31. The molecular formula is C20H25N3O2. The molecule has 1 saturated carbocycles. The Morgan fingerprint density at radius 2 is 1.96 bits per heavy atom. The first-order chi connectivity index (χ1) is 12.2. The minimum Gasteiger partial charge on any atom is -0.508 e. The summed E-state index contributed by atoms with van der Waals surface area (Å²) in [6, 6.07) is 4.68. The van der Waals surface area contributed by atoms with E-state index in [1.54, 1.807) is 12.1 Å². The lowest BCUT2D eigenvalue weighted by Crippen LogP contribution is -2.31. The van der Waals surface area contributed by atoms with Crippen LogP contribution in [-0.4, -0.2) is 31.6 Å². The molecule has 0 saturated heterocycles. The Morgan fingerprint density at radius 3 is 2.80 bits per heavy atom. The quantitative estimate of drug-likeness (QED) is 0.838. The number of hydrogen-bond acceptors (Lipinski definition) is 5. The Balaban J connectivity index is 1.47. The van der Waals surface area contributed by atoms with E-state index in [4.69, 9.17) is 4.98 Å². The van der Waals surface area contributed by atoms with Gasteiger partial charge >= 0.3 is 0 Å². The van der Waals surface area contributed by atoms with Gasteiger partial charge in [0.05, 0.1) is 0 Å². The summed E-state index contributed by atoms with van der Waals surface area (Å²) in [6.07, 6.45) is 9.30. The molecule has 1 aliphatic carbocycles. The lowest BCUT2D eigenvalue weighted by atomic mass is 9.88. The van der Waals surface area contributed by atoms with Crippen LogP contribution in [0, 0.1) is 0 Å². The van der Waals surface area contributed by atoms with Crippen LogP contribution in [0.25, 0.3) is 0 Å². The molecule has 5 heteroatoms. The van der Waals surface area contributed by atoms with Crippen LogP contribution in [-0.2, 0) is 19.5 Å². The van der Waals surface area contributed by atoms with E-state index in [0.717, 1.165) is 30.9 Å². The van der Waals surface area contributed by atoms with Crippen LogP contribution >= 0.6 is 0 Å². The molecule has 4 rings (SSSR count). The zero-order chi connectivity index (χ0) is 17.2. The first-order valence-corrected chi connectivity index (χ1v) is 9.27. The van der Waals surface area contributed by atoms with Gasteiger partial charge in [0, 0.05) is 55.0 Å². The third-order valence-electron chi connectivity index (χ3n) is 5.46. The van der Waals surface area contributed by atoms with Crippen molar-refractivity contribution in [3.05, 3.63) is 47.0 Å². The zero-order valence-corrected chi connectivity index (χ0v) is 14.5. The van der Waals surface area contributed by atoms with Gasteiger partial charge in [-0.15, -0.1) is 0 Å². The van der Waals surface area contributed by atoms with Crippen LogP contribution in [0.1, 0.15) is 60.7 Å². The number of benzene rings is 1. The maximum Gasteiger partial charge on any atom is 0.131 e. The van der Waals surface area contributed by atoms with Crippen molar-refractivity contribution in [1.82, 2.24) is 14.9 Å². The second kappa shape index (κ2) is 7.00. The molecule has 132 valence electrons. The van der Waals surface area contributed by atoms with Gasteiger partial charge in [0.2, 0.25) is 0 Å². The van der Waals surface area contributed by atoms with Crippen molar-refractivity contribution in [3.8, 4) is 11.5 Å². The zero-order valence-electron chi connectivity index (χ0n) is 14.5. The maximum absolute atomic E-state index is 9.98. The molecule has 0 radical (unpaired) electrons. The predicted octanol–water partition coefficient (Wildman–Crippen LogP) is 3.49.